The van der Waals surface area contributed by atoms with E-state index < -0.39 is 0 Å². The first kappa shape index (κ1) is 19.4. The maximum Gasteiger partial charge on any atom is 0.251 e. The van der Waals surface area contributed by atoms with Gasteiger partial charge in [-0.2, -0.15) is 5.10 Å². The lowest BCUT2D eigenvalue weighted by molar-refractivity contribution is 0.0934. The highest BCUT2D eigenvalue weighted by molar-refractivity contribution is 5.94. The monoisotopic (exact) mass is 389 g/mol. The summed E-state index contributed by atoms with van der Waals surface area (Å²) in [6.45, 7) is 6.78. The van der Waals surface area contributed by atoms with Crippen molar-refractivity contribution in [2.24, 2.45) is 0 Å². The van der Waals surface area contributed by atoms with E-state index >= 15 is 0 Å². The number of nitrogens with zero attached hydrogens (tertiary/aromatic N) is 4. The lowest BCUT2D eigenvalue weighted by atomic mass is 10.2. The van der Waals surface area contributed by atoms with Gasteiger partial charge in [0.25, 0.3) is 5.91 Å². The molecule has 2 aromatic carbocycles. The van der Waals surface area contributed by atoms with Crippen LogP contribution in [0, 0.1) is 0 Å². The van der Waals surface area contributed by atoms with Crippen LogP contribution in [0.4, 0.5) is 0 Å². The van der Waals surface area contributed by atoms with Crippen LogP contribution in [0.25, 0.3) is 5.69 Å². The molecule has 0 aliphatic carbocycles. The van der Waals surface area contributed by atoms with Crippen LogP contribution in [0.5, 0.6) is 0 Å². The van der Waals surface area contributed by atoms with Gasteiger partial charge in [0.05, 0.1) is 5.69 Å². The summed E-state index contributed by atoms with van der Waals surface area (Å²) in [6.07, 6.45) is 3.62. The molecule has 1 aliphatic rings. The summed E-state index contributed by atoms with van der Waals surface area (Å²) >= 11 is 0. The first-order chi connectivity index (χ1) is 14.3. The average molecular weight is 390 g/mol. The summed E-state index contributed by atoms with van der Waals surface area (Å²) in [7, 11) is 0. The van der Waals surface area contributed by atoms with E-state index in [1.807, 2.05) is 36.5 Å². The molecule has 6 heteroatoms. The molecular formula is C23H27N5O. The van der Waals surface area contributed by atoms with Gasteiger partial charge in [-0.1, -0.05) is 30.3 Å². The maximum atomic E-state index is 12.4. The quantitative estimate of drug-likeness (QED) is 0.674. The van der Waals surface area contributed by atoms with Gasteiger partial charge < -0.3 is 5.32 Å². The van der Waals surface area contributed by atoms with E-state index in [-0.39, 0.29) is 5.91 Å². The molecule has 1 saturated heterocycles. The Hall–Kier alpha value is -2.96. The van der Waals surface area contributed by atoms with Crippen molar-refractivity contribution in [1.82, 2.24) is 24.9 Å². The molecule has 0 spiro atoms. The lowest BCUT2D eigenvalue weighted by Crippen LogP contribution is -2.48. The van der Waals surface area contributed by atoms with Gasteiger partial charge >= 0.3 is 0 Å². The third-order valence-electron chi connectivity index (χ3n) is 5.33. The number of rotatable bonds is 7. The summed E-state index contributed by atoms with van der Waals surface area (Å²) in [4.78, 5) is 17.3. The van der Waals surface area contributed by atoms with Gasteiger partial charge in [-0.05, 0) is 35.9 Å². The Bertz CT molecular complexity index is 885. The highest BCUT2D eigenvalue weighted by atomic mass is 16.1. The first-order valence-electron chi connectivity index (χ1n) is 10.1. The molecule has 4 rings (SSSR count). The SMILES string of the molecule is O=C(NCCN1CCN(Cc2ccccc2)CC1)c1ccc(-n2cccn2)cc1. The fourth-order valence-corrected chi connectivity index (χ4v) is 3.63. The average Bonchev–Trinajstić information content (AvgIpc) is 3.31. The smallest absolute Gasteiger partial charge is 0.251 e. The summed E-state index contributed by atoms with van der Waals surface area (Å²) in [5, 5.41) is 7.23. The van der Waals surface area contributed by atoms with Crippen LogP contribution in [-0.2, 0) is 6.54 Å². The number of carbonyl (C=O) groups excluding carboxylic acids is 1. The Morgan fingerprint density at radius 1 is 0.897 bits per heavy atom. The largest absolute Gasteiger partial charge is 0.351 e. The number of amides is 1. The second-order valence-electron chi connectivity index (χ2n) is 7.36. The van der Waals surface area contributed by atoms with E-state index in [4.69, 9.17) is 0 Å². The van der Waals surface area contributed by atoms with Crippen LogP contribution in [0.15, 0.2) is 73.1 Å². The number of piperazine rings is 1. The Morgan fingerprint density at radius 2 is 1.62 bits per heavy atom. The lowest BCUT2D eigenvalue weighted by Gasteiger charge is -2.34. The minimum Gasteiger partial charge on any atom is -0.351 e. The highest BCUT2D eigenvalue weighted by Crippen LogP contribution is 2.09. The number of benzene rings is 2. The standard InChI is InChI=1S/C23H27N5O/c29-23(21-7-9-22(10-8-21)28-13-4-11-25-28)24-12-14-26-15-17-27(18-16-26)19-20-5-2-1-3-6-20/h1-11,13H,12,14-19H2,(H,24,29). The molecule has 2 heterocycles. The Morgan fingerprint density at radius 3 is 2.31 bits per heavy atom. The van der Waals surface area contributed by atoms with E-state index in [9.17, 15) is 4.79 Å². The van der Waals surface area contributed by atoms with Gasteiger partial charge in [-0.25, -0.2) is 4.68 Å². The molecule has 150 valence electrons. The van der Waals surface area contributed by atoms with Crippen LogP contribution in [0.2, 0.25) is 0 Å². The third-order valence-corrected chi connectivity index (χ3v) is 5.33. The fourth-order valence-electron chi connectivity index (χ4n) is 3.63. The van der Waals surface area contributed by atoms with Crippen molar-refractivity contribution in [3.05, 3.63) is 84.2 Å². The van der Waals surface area contributed by atoms with Crippen LogP contribution < -0.4 is 5.32 Å². The summed E-state index contributed by atoms with van der Waals surface area (Å²) < 4.78 is 1.78. The topological polar surface area (TPSA) is 53.4 Å². The zero-order valence-electron chi connectivity index (χ0n) is 16.6. The van der Waals surface area contributed by atoms with Crippen molar-refractivity contribution in [1.29, 1.82) is 0 Å². The van der Waals surface area contributed by atoms with Gasteiger partial charge in [0, 0.05) is 63.8 Å². The normalized spacial score (nSPS) is 15.3. The number of nitrogens with one attached hydrogen (secondary N) is 1. The predicted molar refractivity (Wildman–Crippen MR) is 114 cm³/mol. The molecule has 1 aromatic heterocycles. The molecule has 0 unspecified atom stereocenters. The van der Waals surface area contributed by atoms with Crippen LogP contribution in [0.3, 0.4) is 0 Å². The number of hydrogen-bond donors (Lipinski definition) is 1. The molecule has 1 N–H and O–H groups in total. The fraction of sp³-hybridized carbons (Fsp3) is 0.304. The van der Waals surface area contributed by atoms with Crippen molar-refractivity contribution in [3.63, 3.8) is 0 Å². The van der Waals surface area contributed by atoms with Crippen LogP contribution in [-0.4, -0.2) is 64.8 Å². The Labute approximate surface area is 171 Å². The van der Waals surface area contributed by atoms with Crippen molar-refractivity contribution < 1.29 is 4.79 Å². The molecular weight excluding hydrogens is 362 g/mol. The highest BCUT2D eigenvalue weighted by Gasteiger charge is 2.17. The molecule has 29 heavy (non-hydrogen) atoms. The molecule has 6 nitrogen and oxygen atoms in total. The summed E-state index contributed by atoms with van der Waals surface area (Å²) in [6, 6.07) is 20.0. The second-order valence-corrected chi connectivity index (χ2v) is 7.36. The predicted octanol–water partition coefficient (Wildman–Crippen LogP) is 2.42. The Balaban J connectivity index is 1.17. The minimum absolute atomic E-state index is 0.0280. The van der Waals surface area contributed by atoms with Gasteiger partial charge in [-0.3, -0.25) is 14.6 Å². The number of aromatic nitrogens is 2. The van der Waals surface area contributed by atoms with E-state index in [0.29, 0.717) is 12.1 Å². The third kappa shape index (κ3) is 5.31. The molecule has 0 saturated carbocycles. The maximum absolute atomic E-state index is 12.4. The first-order valence-corrected chi connectivity index (χ1v) is 10.1. The van der Waals surface area contributed by atoms with Gasteiger partial charge in [0.2, 0.25) is 0 Å². The van der Waals surface area contributed by atoms with Crippen LogP contribution in [0.1, 0.15) is 15.9 Å². The van der Waals surface area contributed by atoms with E-state index in [0.717, 1.165) is 45.0 Å². The van der Waals surface area contributed by atoms with Gasteiger partial charge in [0.1, 0.15) is 0 Å². The van der Waals surface area contributed by atoms with Crippen molar-refractivity contribution in [2.75, 3.05) is 39.3 Å². The van der Waals surface area contributed by atoms with Crippen LogP contribution >= 0.6 is 0 Å². The van der Waals surface area contributed by atoms with E-state index in [2.05, 4.69) is 50.5 Å². The molecule has 0 atom stereocenters. The van der Waals surface area contributed by atoms with Crippen molar-refractivity contribution in [3.8, 4) is 5.69 Å². The molecule has 1 fully saturated rings. The molecule has 1 amide bonds. The van der Waals surface area contributed by atoms with E-state index in [1.54, 1.807) is 10.9 Å². The minimum atomic E-state index is -0.0280. The summed E-state index contributed by atoms with van der Waals surface area (Å²) in [5.74, 6) is -0.0280. The number of hydrogen-bond acceptors (Lipinski definition) is 4. The van der Waals surface area contributed by atoms with Crippen molar-refractivity contribution >= 4 is 5.91 Å². The van der Waals surface area contributed by atoms with Crippen molar-refractivity contribution in [2.45, 2.75) is 6.54 Å². The molecule has 3 aromatic rings. The molecule has 1 aliphatic heterocycles. The van der Waals surface area contributed by atoms with E-state index in [1.165, 1.54) is 5.56 Å². The number of carbonyl (C=O) groups is 1. The zero-order chi connectivity index (χ0) is 19.9. The zero-order valence-corrected chi connectivity index (χ0v) is 16.6. The molecule has 0 radical (unpaired) electrons. The molecule has 0 bridgehead atoms. The second kappa shape index (κ2) is 9.49. The van der Waals surface area contributed by atoms with Gasteiger partial charge in [0.15, 0.2) is 0 Å². The van der Waals surface area contributed by atoms with Gasteiger partial charge in [-0.15, -0.1) is 0 Å². The Kier molecular flexibility index (Phi) is 6.34. The summed E-state index contributed by atoms with van der Waals surface area (Å²) in [5.41, 5.74) is 2.99.